The van der Waals surface area contributed by atoms with Crippen molar-refractivity contribution in [3.05, 3.63) is 109 Å². The smallest absolute Gasteiger partial charge is 0.462 e. The molecule has 0 aromatic carbocycles. The molecule has 0 aromatic heterocycles. The summed E-state index contributed by atoms with van der Waals surface area (Å²) >= 11 is 0. The Hall–Kier alpha value is -3.33. The zero-order chi connectivity index (χ0) is 67.2. The Morgan fingerprint density at radius 2 is 0.591 bits per heavy atom. The van der Waals surface area contributed by atoms with Crippen LogP contribution in [0.4, 0.5) is 0 Å². The van der Waals surface area contributed by atoms with Crippen molar-refractivity contribution in [2.24, 2.45) is 5.73 Å². The van der Waals surface area contributed by atoms with Crippen molar-refractivity contribution in [1.29, 1.82) is 0 Å². The fourth-order valence-corrected chi connectivity index (χ4v) is 12.2. The molecule has 538 valence electrons. The molecule has 0 saturated carbocycles. The normalized spacial score (nSPS) is 13.5. The van der Waals surface area contributed by atoms with Crippen molar-refractivity contribution >= 4 is 19.8 Å². The number of phosphoric acid groups is 1. The lowest BCUT2D eigenvalue weighted by Gasteiger charge is -2.19. The van der Waals surface area contributed by atoms with Crippen molar-refractivity contribution in [1.82, 2.24) is 0 Å². The summed E-state index contributed by atoms with van der Waals surface area (Å²) in [6.07, 6.45) is 108. The molecule has 93 heavy (non-hydrogen) atoms. The van der Waals surface area contributed by atoms with Crippen LogP contribution in [0.5, 0.6) is 0 Å². The van der Waals surface area contributed by atoms with Gasteiger partial charge in [0.2, 0.25) is 0 Å². The molecule has 0 heterocycles. The number of nitrogens with two attached hydrogens (primary N) is 1. The number of hydrogen-bond acceptors (Lipinski definition) is 8. The van der Waals surface area contributed by atoms with E-state index in [1.54, 1.807) is 0 Å². The quantitative estimate of drug-likeness (QED) is 0.0264. The van der Waals surface area contributed by atoms with Crippen molar-refractivity contribution in [3.63, 3.8) is 0 Å². The van der Waals surface area contributed by atoms with Crippen LogP contribution in [0.2, 0.25) is 0 Å². The molecule has 0 aromatic rings. The van der Waals surface area contributed by atoms with E-state index in [0.29, 0.717) is 6.42 Å². The highest BCUT2D eigenvalue weighted by atomic mass is 31.2. The van der Waals surface area contributed by atoms with Gasteiger partial charge in [0, 0.05) is 19.4 Å². The summed E-state index contributed by atoms with van der Waals surface area (Å²) in [7, 11) is -4.40. The third kappa shape index (κ3) is 77.6. The molecule has 0 aliphatic carbocycles. The van der Waals surface area contributed by atoms with E-state index in [1.807, 2.05) is 0 Å². The lowest BCUT2D eigenvalue weighted by Crippen LogP contribution is -2.29. The average molecular weight is 1320 g/mol. The van der Waals surface area contributed by atoms with Gasteiger partial charge in [-0.15, -0.1) is 0 Å². The van der Waals surface area contributed by atoms with Crippen LogP contribution in [0.15, 0.2) is 109 Å². The van der Waals surface area contributed by atoms with Gasteiger partial charge < -0.3 is 20.1 Å². The Morgan fingerprint density at radius 3 is 0.882 bits per heavy atom. The molecule has 0 bridgehead atoms. The summed E-state index contributed by atoms with van der Waals surface area (Å²) in [6.45, 7) is 3.67. The predicted molar refractivity (Wildman–Crippen MR) is 404 cm³/mol. The van der Waals surface area contributed by atoms with E-state index in [1.165, 1.54) is 238 Å². The van der Waals surface area contributed by atoms with Gasteiger partial charge in [-0.25, -0.2) is 4.57 Å². The molecule has 0 aliphatic heterocycles. The number of carbonyl (C=O) groups is 2. The van der Waals surface area contributed by atoms with Crippen LogP contribution >= 0.6 is 7.82 Å². The lowest BCUT2D eigenvalue weighted by atomic mass is 10.0. The maximum atomic E-state index is 12.8. The molecule has 0 radical (unpaired) electrons. The van der Waals surface area contributed by atoms with Crippen molar-refractivity contribution in [2.45, 2.75) is 380 Å². The van der Waals surface area contributed by atoms with Crippen molar-refractivity contribution in [2.75, 3.05) is 26.4 Å². The molecule has 0 amide bonds. The van der Waals surface area contributed by atoms with Gasteiger partial charge in [0.25, 0.3) is 0 Å². The number of hydrogen-bond donors (Lipinski definition) is 2. The van der Waals surface area contributed by atoms with Crippen LogP contribution in [-0.4, -0.2) is 49.3 Å². The molecular weight excluding hydrogens is 1170 g/mol. The van der Waals surface area contributed by atoms with Crippen molar-refractivity contribution in [3.8, 4) is 0 Å². The number of ether oxygens (including phenoxy) is 2. The van der Waals surface area contributed by atoms with Gasteiger partial charge in [-0.05, 0) is 83.5 Å². The number of unbranched alkanes of at least 4 members (excludes halogenated alkanes) is 43. The second-order valence-electron chi connectivity index (χ2n) is 26.2. The molecule has 2 atom stereocenters. The summed E-state index contributed by atoms with van der Waals surface area (Å²) in [5.41, 5.74) is 5.41. The first-order chi connectivity index (χ1) is 45.8. The summed E-state index contributed by atoms with van der Waals surface area (Å²) in [5.74, 6) is -0.824. The number of rotatable bonds is 74. The second-order valence-corrected chi connectivity index (χ2v) is 27.7. The first kappa shape index (κ1) is 89.7. The summed E-state index contributed by atoms with van der Waals surface area (Å²) in [6, 6.07) is 0. The van der Waals surface area contributed by atoms with Crippen LogP contribution in [0, 0.1) is 0 Å². The molecule has 9 nitrogen and oxygen atoms in total. The maximum Gasteiger partial charge on any atom is 0.472 e. The van der Waals surface area contributed by atoms with E-state index in [9.17, 15) is 19.0 Å². The van der Waals surface area contributed by atoms with E-state index >= 15 is 0 Å². The molecule has 0 fully saturated rings. The molecule has 3 N–H and O–H groups in total. The van der Waals surface area contributed by atoms with E-state index in [2.05, 4.69) is 123 Å². The Bertz CT molecular complexity index is 1900. The maximum absolute atomic E-state index is 12.8. The average Bonchev–Trinajstić information content (AvgIpc) is 3.04. The zero-order valence-electron chi connectivity index (χ0n) is 60.7. The first-order valence-electron chi connectivity index (χ1n) is 39.4. The third-order valence-corrected chi connectivity index (χ3v) is 18.2. The number of phosphoric ester groups is 1. The predicted octanol–water partition coefficient (Wildman–Crippen LogP) is 26.4. The Kier molecular flexibility index (Phi) is 74.9. The first-order valence-corrected chi connectivity index (χ1v) is 40.9. The zero-order valence-corrected chi connectivity index (χ0v) is 61.6. The Labute approximate surface area is 575 Å². The largest absolute Gasteiger partial charge is 0.472 e. The topological polar surface area (TPSA) is 134 Å². The summed E-state index contributed by atoms with van der Waals surface area (Å²) < 4.78 is 33.3. The van der Waals surface area contributed by atoms with Crippen LogP contribution in [0.3, 0.4) is 0 Å². The highest BCUT2D eigenvalue weighted by Crippen LogP contribution is 2.43. The molecule has 0 rings (SSSR count). The summed E-state index contributed by atoms with van der Waals surface area (Å²) in [5, 5.41) is 0. The number of carbonyl (C=O) groups excluding carboxylic acids is 2. The van der Waals surface area contributed by atoms with E-state index in [0.717, 1.165) is 103 Å². The third-order valence-electron chi connectivity index (χ3n) is 17.2. The fourth-order valence-electron chi connectivity index (χ4n) is 11.4. The molecule has 0 saturated heterocycles. The number of esters is 2. The van der Waals surface area contributed by atoms with Crippen LogP contribution in [0.1, 0.15) is 373 Å². The van der Waals surface area contributed by atoms with E-state index in [4.69, 9.17) is 24.3 Å². The minimum absolute atomic E-state index is 0.0495. The van der Waals surface area contributed by atoms with E-state index < -0.39 is 26.5 Å². The minimum atomic E-state index is -4.40. The fraction of sp³-hybridized carbons (Fsp3) is 0.759. The van der Waals surface area contributed by atoms with Gasteiger partial charge in [0.05, 0.1) is 13.2 Å². The van der Waals surface area contributed by atoms with Crippen LogP contribution < -0.4 is 5.73 Å². The second kappa shape index (κ2) is 77.7. The molecular formula is C83H148NO8P. The monoisotopic (exact) mass is 1320 g/mol. The van der Waals surface area contributed by atoms with Crippen LogP contribution in [-0.2, 0) is 32.7 Å². The van der Waals surface area contributed by atoms with Crippen LogP contribution in [0.25, 0.3) is 0 Å². The van der Waals surface area contributed by atoms with Gasteiger partial charge in [-0.3, -0.25) is 18.6 Å². The van der Waals surface area contributed by atoms with E-state index in [-0.39, 0.29) is 38.6 Å². The molecule has 0 aliphatic rings. The SMILES string of the molecule is CC/C=C\C/C=C\C/C=C\C/C=C\C/C=C\C/C=C\C/C=C\C/C=C\C/C=C\CCCCCCCCCCCC(=O)OC(COC(=O)CCCCCCCCCCCCCCCCCCCCCCCCCCCCCCCCCCCCC)COP(=O)(O)OCCN. The van der Waals surface area contributed by atoms with Gasteiger partial charge in [-0.2, -0.15) is 0 Å². The van der Waals surface area contributed by atoms with Crippen molar-refractivity contribution < 1.29 is 37.6 Å². The molecule has 10 heteroatoms. The van der Waals surface area contributed by atoms with Gasteiger partial charge >= 0.3 is 19.8 Å². The highest BCUT2D eigenvalue weighted by Gasteiger charge is 2.26. The Morgan fingerprint density at radius 1 is 0.333 bits per heavy atom. The number of allylic oxidation sites excluding steroid dienone is 18. The highest BCUT2D eigenvalue weighted by molar-refractivity contribution is 7.47. The summed E-state index contributed by atoms with van der Waals surface area (Å²) in [4.78, 5) is 35.4. The van der Waals surface area contributed by atoms with Gasteiger partial charge in [0.1, 0.15) is 6.61 Å². The lowest BCUT2D eigenvalue weighted by molar-refractivity contribution is -0.161. The Balaban J connectivity index is 3.85. The standard InChI is InChI=1S/C83H148NO8P/c1-3-5-7-9-11-13-15-17-19-21-23-25-27-29-31-33-35-37-39-40-42-44-46-48-50-52-54-56-58-60-62-64-66-68-70-72-74-76-83(86)92-81(80-91-93(87,88)90-78-77-84)79-89-82(85)75-73-71-69-67-65-63-61-59-57-55-53-51-49-47-45-43-41-38-36-34-32-30-28-26-24-22-20-18-16-14-12-10-8-6-4-2/h5,7,11,13,17,19,23,25,29,31,35,37,40,42,46,48,52,54,81H,3-4,6,8-10,12,14-16,18,20-22,24,26-28,30,32-34,36,38-39,41,43-45,47,49-51,53,55-80,84H2,1-2H3,(H,87,88)/b7-5-,13-11-,19-17-,25-23-,31-29-,37-35-,42-40-,48-46-,54-52-. The van der Waals surface area contributed by atoms with Gasteiger partial charge in [-0.1, -0.05) is 386 Å². The minimum Gasteiger partial charge on any atom is -0.462 e. The molecule has 2 unspecified atom stereocenters. The van der Waals surface area contributed by atoms with Gasteiger partial charge in [0.15, 0.2) is 6.10 Å². The molecule has 0 spiro atoms.